The molecule has 2 heterocycles. The number of hydroxylamine groups is 1. The second kappa shape index (κ2) is 14.6. The van der Waals surface area contributed by atoms with Gasteiger partial charge in [-0.3, -0.25) is 24.3 Å². The lowest BCUT2D eigenvalue weighted by molar-refractivity contribution is -0.140. The number of benzene rings is 2. The molecule has 2 aromatic carbocycles. The Balaban J connectivity index is 1.41. The van der Waals surface area contributed by atoms with Gasteiger partial charge in [0.25, 0.3) is 0 Å². The maximum Gasteiger partial charge on any atom is 0.345 e. The van der Waals surface area contributed by atoms with Crippen LogP contribution in [0.5, 0.6) is 0 Å². The molecule has 42 heavy (non-hydrogen) atoms. The lowest BCUT2D eigenvalue weighted by atomic mass is 10.0. The summed E-state index contributed by atoms with van der Waals surface area (Å²) in [6.45, 7) is 7.00. The third-order valence-electron chi connectivity index (χ3n) is 7.30. The van der Waals surface area contributed by atoms with Crippen LogP contribution in [0.2, 0.25) is 5.02 Å². The van der Waals surface area contributed by atoms with E-state index in [0.717, 1.165) is 11.1 Å². The molecule has 10 nitrogen and oxygen atoms in total. The highest BCUT2D eigenvalue weighted by Crippen LogP contribution is 2.21. The third kappa shape index (κ3) is 8.28. The van der Waals surface area contributed by atoms with Gasteiger partial charge in [0.15, 0.2) is 0 Å². The Morgan fingerprint density at radius 2 is 1.88 bits per heavy atom. The molecule has 0 aliphatic carbocycles. The van der Waals surface area contributed by atoms with Crippen LogP contribution in [0.1, 0.15) is 50.3 Å². The number of nitrogens with zero attached hydrogens (tertiary/aromatic N) is 3. The second-order valence-corrected chi connectivity index (χ2v) is 11.1. The predicted molar refractivity (Wildman–Crippen MR) is 158 cm³/mol. The van der Waals surface area contributed by atoms with Crippen molar-refractivity contribution in [2.24, 2.45) is 0 Å². The molecule has 3 atom stereocenters. The Labute approximate surface area is 250 Å². The van der Waals surface area contributed by atoms with Crippen LogP contribution in [0.25, 0.3) is 6.08 Å². The van der Waals surface area contributed by atoms with Gasteiger partial charge in [0.2, 0.25) is 11.8 Å². The SMILES string of the molecule is CC(=O)N(NCc1cccc(F)c1Cl)[C@@H](CCC(=O)N1CC(C)NC(C)C1)CONC(=O)N1C=Cc2ccccc2C1. The molecule has 1 fully saturated rings. The van der Waals surface area contributed by atoms with Gasteiger partial charge in [0.1, 0.15) is 5.82 Å². The first-order chi connectivity index (χ1) is 20.1. The molecule has 0 spiro atoms. The Morgan fingerprint density at radius 1 is 1.14 bits per heavy atom. The summed E-state index contributed by atoms with van der Waals surface area (Å²) in [6, 6.07) is 11.5. The van der Waals surface area contributed by atoms with Crippen LogP contribution in [0, 0.1) is 5.82 Å². The number of hydrogen-bond donors (Lipinski definition) is 3. The molecule has 0 saturated carbocycles. The van der Waals surface area contributed by atoms with Gasteiger partial charge in [0.05, 0.1) is 24.2 Å². The highest BCUT2D eigenvalue weighted by atomic mass is 35.5. The Kier molecular flexibility index (Phi) is 10.9. The van der Waals surface area contributed by atoms with E-state index in [9.17, 15) is 18.8 Å². The van der Waals surface area contributed by atoms with Gasteiger partial charge in [-0.25, -0.2) is 20.1 Å². The topological polar surface area (TPSA) is 106 Å². The van der Waals surface area contributed by atoms with Gasteiger partial charge in [0, 0.05) is 51.3 Å². The number of carbonyl (C=O) groups excluding carboxylic acids is 3. The summed E-state index contributed by atoms with van der Waals surface area (Å²) in [4.78, 5) is 47.6. The largest absolute Gasteiger partial charge is 0.345 e. The van der Waals surface area contributed by atoms with Crippen LogP contribution in [0.4, 0.5) is 9.18 Å². The highest BCUT2D eigenvalue weighted by Gasteiger charge is 2.28. The van der Waals surface area contributed by atoms with E-state index in [-0.39, 0.29) is 54.9 Å². The molecule has 2 aliphatic rings. The van der Waals surface area contributed by atoms with Crippen molar-refractivity contribution in [2.45, 2.75) is 64.8 Å². The number of halogens is 2. The first kappa shape index (κ1) is 31.4. The monoisotopic (exact) mass is 600 g/mol. The fraction of sp³-hybridized carbons (Fsp3) is 0.433. The summed E-state index contributed by atoms with van der Waals surface area (Å²) < 4.78 is 14.0. The van der Waals surface area contributed by atoms with E-state index in [0.29, 0.717) is 25.2 Å². The molecule has 0 radical (unpaired) electrons. The van der Waals surface area contributed by atoms with Gasteiger partial charge in [-0.1, -0.05) is 48.0 Å². The molecular weight excluding hydrogens is 563 g/mol. The Hall–Kier alpha value is -3.51. The maximum atomic E-state index is 14.0. The van der Waals surface area contributed by atoms with Crippen molar-refractivity contribution in [1.82, 2.24) is 31.0 Å². The van der Waals surface area contributed by atoms with Crippen LogP contribution < -0.4 is 16.2 Å². The van der Waals surface area contributed by atoms with Crippen LogP contribution in [-0.2, 0) is 27.5 Å². The smallest absolute Gasteiger partial charge is 0.340 e. The molecule has 0 bridgehead atoms. The number of fused-ring (bicyclic) bond motifs is 1. The molecule has 3 N–H and O–H groups in total. The van der Waals surface area contributed by atoms with Crippen molar-refractivity contribution in [3.05, 3.63) is 76.2 Å². The maximum absolute atomic E-state index is 14.0. The lowest BCUT2D eigenvalue weighted by Crippen LogP contribution is -2.56. The quantitative estimate of drug-likeness (QED) is 0.358. The molecule has 4 rings (SSSR count). The van der Waals surface area contributed by atoms with Gasteiger partial charge in [-0.2, -0.15) is 0 Å². The minimum absolute atomic E-state index is 0.0296. The second-order valence-electron chi connectivity index (χ2n) is 10.8. The molecule has 2 unspecified atom stereocenters. The molecule has 2 aliphatic heterocycles. The van der Waals surface area contributed by atoms with Crippen LogP contribution in [-0.4, -0.2) is 70.5 Å². The zero-order valence-corrected chi connectivity index (χ0v) is 24.9. The number of urea groups is 1. The highest BCUT2D eigenvalue weighted by molar-refractivity contribution is 6.31. The van der Waals surface area contributed by atoms with Gasteiger partial charge < -0.3 is 10.2 Å². The van der Waals surface area contributed by atoms with Crippen molar-refractivity contribution < 1.29 is 23.6 Å². The van der Waals surface area contributed by atoms with Crippen LogP contribution in [0.3, 0.4) is 0 Å². The first-order valence-electron chi connectivity index (χ1n) is 14.1. The number of amides is 4. The zero-order chi connectivity index (χ0) is 30.2. The van der Waals surface area contributed by atoms with Crippen LogP contribution in [0.15, 0.2) is 48.7 Å². The van der Waals surface area contributed by atoms with Crippen molar-refractivity contribution in [3.8, 4) is 0 Å². The fourth-order valence-electron chi connectivity index (χ4n) is 5.26. The van der Waals surface area contributed by atoms with Crippen molar-refractivity contribution >= 4 is 35.5 Å². The molecule has 4 amide bonds. The predicted octanol–water partition coefficient (Wildman–Crippen LogP) is 3.82. The summed E-state index contributed by atoms with van der Waals surface area (Å²) in [5.74, 6) is -0.930. The van der Waals surface area contributed by atoms with E-state index < -0.39 is 17.9 Å². The molecule has 0 aromatic heterocycles. The minimum Gasteiger partial charge on any atom is -0.340 e. The molecular formula is C30H38ClFN6O4. The van der Waals surface area contributed by atoms with E-state index in [1.54, 1.807) is 12.3 Å². The van der Waals surface area contributed by atoms with Gasteiger partial charge >= 0.3 is 6.03 Å². The molecule has 12 heteroatoms. The summed E-state index contributed by atoms with van der Waals surface area (Å²) in [5.41, 5.74) is 7.99. The molecule has 2 aromatic rings. The number of nitrogens with one attached hydrogen (secondary N) is 3. The van der Waals surface area contributed by atoms with Gasteiger partial charge in [-0.15, -0.1) is 0 Å². The van der Waals surface area contributed by atoms with Crippen LogP contribution >= 0.6 is 11.6 Å². The van der Waals surface area contributed by atoms with E-state index in [1.165, 1.54) is 29.0 Å². The molecule has 226 valence electrons. The normalized spacial score (nSPS) is 18.8. The number of hydrogen-bond acceptors (Lipinski definition) is 6. The fourth-order valence-corrected chi connectivity index (χ4v) is 5.46. The summed E-state index contributed by atoms with van der Waals surface area (Å²) in [6.07, 6.45) is 3.96. The molecule has 1 saturated heterocycles. The summed E-state index contributed by atoms with van der Waals surface area (Å²) in [5, 5.41) is 4.72. The number of piperazine rings is 1. The van der Waals surface area contributed by atoms with E-state index in [4.69, 9.17) is 16.4 Å². The Bertz CT molecular complexity index is 1300. The number of carbonyl (C=O) groups is 3. The van der Waals surface area contributed by atoms with Crippen molar-refractivity contribution in [1.29, 1.82) is 0 Å². The number of hydrazine groups is 1. The van der Waals surface area contributed by atoms with Crippen molar-refractivity contribution in [3.63, 3.8) is 0 Å². The number of rotatable bonds is 10. The third-order valence-corrected chi connectivity index (χ3v) is 7.73. The summed E-state index contributed by atoms with van der Waals surface area (Å²) in [7, 11) is 0. The standard InChI is InChI=1S/C30H38ClFN6O4/c1-20-16-37(17-21(2)34-20)28(40)12-11-26(38(22(3)39)33-15-24-9-6-10-27(32)29(24)31)19-42-35-30(41)36-14-13-23-7-4-5-8-25(23)18-36/h4-10,13-14,20-21,26,33-34H,11-12,15-19H2,1-3H3,(H,35,41)/t20?,21?,26-/m0/s1. The van der Waals surface area contributed by atoms with E-state index in [1.807, 2.05) is 49.1 Å². The average Bonchev–Trinajstić information content (AvgIpc) is 2.96. The van der Waals surface area contributed by atoms with E-state index >= 15 is 0 Å². The minimum atomic E-state index is -0.630. The van der Waals surface area contributed by atoms with E-state index in [2.05, 4.69) is 16.2 Å². The zero-order valence-electron chi connectivity index (χ0n) is 24.1. The lowest BCUT2D eigenvalue weighted by Gasteiger charge is -2.37. The van der Waals surface area contributed by atoms with Gasteiger partial charge in [-0.05, 0) is 49.1 Å². The summed E-state index contributed by atoms with van der Waals surface area (Å²) >= 11 is 6.12. The van der Waals surface area contributed by atoms with Crippen molar-refractivity contribution in [2.75, 3.05) is 19.7 Å². The first-order valence-corrected chi connectivity index (χ1v) is 14.4. The average molecular weight is 601 g/mol. The Morgan fingerprint density at radius 3 is 2.62 bits per heavy atom.